The highest BCUT2D eigenvalue weighted by Crippen LogP contribution is 2.32. The summed E-state index contributed by atoms with van der Waals surface area (Å²) in [5.74, 6) is -0.298. The smallest absolute Gasteiger partial charge is 0.344 e. The number of anilines is 1. The van der Waals surface area contributed by atoms with E-state index in [0.717, 1.165) is 5.69 Å². The first-order valence-corrected chi connectivity index (χ1v) is 7.05. The molecule has 6 heteroatoms. The molecule has 19 heavy (non-hydrogen) atoms. The van der Waals surface area contributed by atoms with Gasteiger partial charge in [0.15, 0.2) is 0 Å². The second-order valence-electron chi connectivity index (χ2n) is 3.77. The lowest BCUT2D eigenvalue weighted by atomic mass is 10.2. The van der Waals surface area contributed by atoms with Crippen molar-refractivity contribution in [1.29, 1.82) is 0 Å². The van der Waals surface area contributed by atoms with Crippen molar-refractivity contribution in [2.24, 2.45) is 10.7 Å². The van der Waals surface area contributed by atoms with Crippen LogP contribution in [0.1, 0.15) is 6.92 Å². The van der Waals surface area contributed by atoms with E-state index in [4.69, 9.17) is 10.5 Å². The molecule has 5 nitrogen and oxygen atoms in total. The molecule has 1 aromatic rings. The van der Waals surface area contributed by atoms with E-state index in [0.29, 0.717) is 17.3 Å². The summed E-state index contributed by atoms with van der Waals surface area (Å²) >= 11 is 1.40. The molecule has 0 unspecified atom stereocenters. The first-order chi connectivity index (χ1) is 9.17. The van der Waals surface area contributed by atoms with Crippen LogP contribution in [0, 0.1) is 0 Å². The number of para-hydroxylation sites is 2. The maximum atomic E-state index is 12.0. The zero-order valence-electron chi connectivity index (χ0n) is 10.8. The van der Waals surface area contributed by atoms with Gasteiger partial charge in [0, 0.05) is 0 Å². The number of esters is 1. The van der Waals surface area contributed by atoms with E-state index in [2.05, 4.69) is 10.3 Å². The second kappa shape index (κ2) is 5.79. The normalized spacial score (nSPS) is 14.1. The SMILES string of the molecule is CCOC(=O)C1=C(SC)Nc2ccccc2N=C1N. The fourth-order valence-electron chi connectivity index (χ4n) is 1.72. The molecule has 0 fully saturated rings. The van der Waals surface area contributed by atoms with Crippen molar-refractivity contribution in [2.45, 2.75) is 6.92 Å². The first kappa shape index (κ1) is 13.5. The Bertz CT molecular complexity index is 567. The fourth-order valence-corrected chi connectivity index (χ4v) is 2.32. The molecule has 0 saturated carbocycles. The third-order valence-electron chi connectivity index (χ3n) is 2.56. The lowest BCUT2D eigenvalue weighted by Gasteiger charge is -2.11. The average molecular weight is 277 g/mol. The Morgan fingerprint density at radius 1 is 1.47 bits per heavy atom. The predicted octanol–water partition coefficient (Wildman–Crippen LogP) is 2.24. The van der Waals surface area contributed by atoms with E-state index in [-0.39, 0.29) is 11.4 Å². The molecule has 1 aromatic carbocycles. The largest absolute Gasteiger partial charge is 0.462 e. The molecule has 0 saturated heterocycles. The summed E-state index contributed by atoms with van der Waals surface area (Å²) in [4.78, 5) is 16.3. The number of nitrogens with two attached hydrogens (primary N) is 1. The van der Waals surface area contributed by atoms with Gasteiger partial charge in [-0.1, -0.05) is 12.1 Å². The van der Waals surface area contributed by atoms with Crippen molar-refractivity contribution in [3.05, 3.63) is 34.9 Å². The Balaban J connectivity index is 2.51. The molecular weight excluding hydrogens is 262 g/mol. The topological polar surface area (TPSA) is 76.7 Å². The average Bonchev–Trinajstić information content (AvgIpc) is 2.54. The van der Waals surface area contributed by atoms with Crippen molar-refractivity contribution in [3.8, 4) is 0 Å². The number of nitrogens with one attached hydrogen (secondary N) is 1. The van der Waals surface area contributed by atoms with E-state index in [1.807, 2.05) is 30.5 Å². The third-order valence-corrected chi connectivity index (χ3v) is 3.27. The molecule has 1 aliphatic rings. The van der Waals surface area contributed by atoms with E-state index in [1.54, 1.807) is 6.92 Å². The van der Waals surface area contributed by atoms with Gasteiger partial charge in [0.2, 0.25) is 0 Å². The summed E-state index contributed by atoms with van der Waals surface area (Å²) in [6.45, 7) is 2.05. The number of hydrogen-bond acceptors (Lipinski definition) is 6. The fraction of sp³-hybridized carbons (Fsp3) is 0.231. The van der Waals surface area contributed by atoms with Gasteiger partial charge in [-0.15, -0.1) is 11.8 Å². The molecule has 0 aliphatic carbocycles. The number of carbonyl (C=O) groups excluding carboxylic acids is 1. The number of nitrogens with zero attached hydrogens (tertiary/aromatic N) is 1. The van der Waals surface area contributed by atoms with E-state index in [1.165, 1.54) is 11.8 Å². The number of amidine groups is 1. The summed E-state index contributed by atoms with van der Waals surface area (Å²) in [7, 11) is 0. The van der Waals surface area contributed by atoms with Crippen molar-refractivity contribution >= 4 is 34.9 Å². The summed E-state index contributed by atoms with van der Waals surface area (Å²) in [6.07, 6.45) is 1.86. The summed E-state index contributed by atoms with van der Waals surface area (Å²) in [6, 6.07) is 7.48. The van der Waals surface area contributed by atoms with Crippen LogP contribution in [-0.4, -0.2) is 24.7 Å². The van der Waals surface area contributed by atoms with Gasteiger partial charge in [-0.3, -0.25) is 0 Å². The molecule has 100 valence electrons. The van der Waals surface area contributed by atoms with Gasteiger partial charge in [0.05, 0.1) is 23.0 Å². The number of carbonyl (C=O) groups is 1. The quantitative estimate of drug-likeness (QED) is 0.829. The molecule has 2 rings (SSSR count). The van der Waals surface area contributed by atoms with E-state index >= 15 is 0 Å². The summed E-state index contributed by atoms with van der Waals surface area (Å²) in [5, 5.41) is 3.82. The Morgan fingerprint density at radius 3 is 2.89 bits per heavy atom. The van der Waals surface area contributed by atoms with Crippen LogP contribution in [0.3, 0.4) is 0 Å². The minimum Gasteiger partial charge on any atom is -0.462 e. The standard InChI is InChI=1S/C13H15N3O2S/c1-3-18-13(17)10-11(14)15-8-6-4-5-7-9(8)16-12(10)19-2/h4-7,16H,3H2,1-2H3,(H2,14,15). The molecule has 0 bridgehead atoms. The monoisotopic (exact) mass is 277 g/mol. The van der Waals surface area contributed by atoms with Gasteiger partial charge in [-0.25, -0.2) is 9.79 Å². The lowest BCUT2D eigenvalue weighted by Crippen LogP contribution is -2.24. The second-order valence-corrected chi connectivity index (χ2v) is 4.58. The molecule has 0 radical (unpaired) electrons. The molecule has 1 heterocycles. The Hall–Kier alpha value is -1.95. The number of fused-ring (bicyclic) bond motifs is 1. The highest BCUT2D eigenvalue weighted by atomic mass is 32.2. The highest BCUT2D eigenvalue weighted by molar-refractivity contribution is 8.02. The molecular formula is C13H15N3O2S. The van der Waals surface area contributed by atoms with Gasteiger partial charge in [0.25, 0.3) is 0 Å². The minimum atomic E-state index is -0.464. The number of rotatable bonds is 3. The van der Waals surface area contributed by atoms with Gasteiger partial charge in [0.1, 0.15) is 11.4 Å². The van der Waals surface area contributed by atoms with E-state index < -0.39 is 5.97 Å². The number of benzene rings is 1. The zero-order chi connectivity index (χ0) is 13.8. The van der Waals surface area contributed by atoms with Crippen LogP contribution < -0.4 is 11.1 Å². The van der Waals surface area contributed by atoms with E-state index in [9.17, 15) is 4.79 Å². The molecule has 3 N–H and O–H groups in total. The maximum absolute atomic E-state index is 12.0. The molecule has 1 aliphatic heterocycles. The van der Waals surface area contributed by atoms with Crippen LogP contribution in [0.5, 0.6) is 0 Å². The maximum Gasteiger partial charge on any atom is 0.344 e. The van der Waals surface area contributed by atoms with Crippen LogP contribution >= 0.6 is 11.8 Å². The number of hydrogen-bond donors (Lipinski definition) is 2. The Labute approximate surface area is 115 Å². The molecule has 0 amide bonds. The number of aliphatic imine (C=N–C) groups is 1. The predicted molar refractivity (Wildman–Crippen MR) is 78.5 cm³/mol. The number of thioether (sulfide) groups is 1. The van der Waals surface area contributed by atoms with Gasteiger partial charge in [-0.05, 0) is 25.3 Å². The third kappa shape index (κ3) is 2.73. The summed E-state index contributed by atoms with van der Waals surface area (Å²) < 4.78 is 5.03. The molecule has 0 aromatic heterocycles. The van der Waals surface area contributed by atoms with Crippen molar-refractivity contribution in [3.63, 3.8) is 0 Å². The zero-order valence-corrected chi connectivity index (χ0v) is 11.6. The highest BCUT2D eigenvalue weighted by Gasteiger charge is 2.24. The van der Waals surface area contributed by atoms with Crippen LogP contribution in [0.2, 0.25) is 0 Å². The van der Waals surface area contributed by atoms with Gasteiger partial charge < -0.3 is 15.8 Å². The van der Waals surface area contributed by atoms with Crippen LogP contribution in [-0.2, 0) is 9.53 Å². The van der Waals surface area contributed by atoms with Gasteiger partial charge >= 0.3 is 5.97 Å². The van der Waals surface area contributed by atoms with Crippen molar-refractivity contribution in [1.82, 2.24) is 0 Å². The van der Waals surface area contributed by atoms with Gasteiger partial charge in [-0.2, -0.15) is 0 Å². The Kier molecular flexibility index (Phi) is 4.11. The number of ether oxygens (including phenoxy) is 1. The molecule has 0 spiro atoms. The first-order valence-electron chi connectivity index (χ1n) is 5.83. The van der Waals surface area contributed by atoms with Crippen molar-refractivity contribution in [2.75, 3.05) is 18.2 Å². The minimum absolute atomic E-state index is 0.167. The van der Waals surface area contributed by atoms with Crippen LogP contribution in [0.15, 0.2) is 39.9 Å². The molecule has 0 atom stereocenters. The summed E-state index contributed by atoms with van der Waals surface area (Å²) in [5.41, 5.74) is 7.73. The van der Waals surface area contributed by atoms with Crippen molar-refractivity contribution < 1.29 is 9.53 Å². The van der Waals surface area contributed by atoms with Crippen LogP contribution in [0.4, 0.5) is 11.4 Å². The Morgan fingerprint density at radius 2 is 2.21 bits per heavy atom. The lowest BCUT2D eigenvalue weighted by molar-refractivity contribution is -0.137. The van der Waals surface area contributed by atoms with Crippen LogP contribution in [0.25, 0.3) is 0 Å².